The van der Waals surface area contributed by atoms with Crippen molar-refractivity contribution < 1.29 is 4.42 Å². The highest BCUT2D eigenvalue weighted by molar-refractivity contribution is 6.26. The molecule has 2 aromatic heterocycles. The smallest absolute Gasteiger partial charge is 0.160 e. The third kappa shape index (κ3) is 4.62. The first-order valence-corrected chi connectivity index (χ1v) is 19.8. The van der Waals surface area contributed by atoms with Crippen LogP contribution < -0.4 is 0 Å². The molecule has 0 fully saturated rings. The quantitative estimate of drug-likeness (QED) is 0.169. The van der Waals surface area contributed by atoms with Gasteiger partial charge in [-0.1, -0.05) is 152 Å². The van der Waals surface area contributed by atoms with Crippen molar-refractivity contribution in [3.05, 3.63) is 200 Å². The van der Waals surface area contributed by atoms with Crippen LogP contribution in [0.4, 0.5) is 0 Å². The zero-order valence-electron chi connectivity index (χ0n) is 31.2. The highest BCUT2D eigenvalue weighted by Gasteiger charge is 2.30. The molecule has 267 valence electrons. The molecule has 13 rings (SSSR count). The first-order chi connectivity index (χ1) is 28.7. The number of para-hydroxylation sites is 1. The number of rotatable bonds is 4. The molecule has 58 heavy (non-hydrogen) atoms. The predicted octanol–water partition coefficient (Wildman–Crippen LogP) is 14.7. The van der Waals surface area contributed by atoms with Crippen LogP contribution in [0, 0.1) is 6.42 Å². The molecule has 1 aliphatic carbocycles. The Kier molecular flexibility index (Phi) is 6.50. The van der Waals surface area contributed by atoms with Gasteiger partial charge in [0, 0.05) is 39.1 Å². The van der Waals surface area contributed by atoms with E-state index in [1.165, 1.54) is 48.8 Å². The Morgan fingerprint density at radius 3 is 1.66 bits per heavy atom. The van der Waals surface area contributed by atoms with Gasteiger partial charge in [-0.25, -0.2) is 9.97 Å². The van der Waals surface area contributed by atoms with Crippen LogP contribution in [0.15, 0.2) is 186 Å². The lowest BCUT2D eigenvalue weighted by Gasteiger charge is -2.14. The first-order valence-electron chi connectivity index (χ1n) is 19.8. The maximum absolute atomic E-state index is 6.66. The SMILES string of the molecule is [CH]1c2c1c1c(-c3ccccc3)nc(-c3ccccc3)nc1c1ccc(-c3cc(-c4ccc5c6ccccc6c6ccccc6c5c4)c4c(c3)oc3ccccc34)cc21. The summed E-state index contributed by atoms with van der Waals surface area (Å²) < 4.78 is 6.66. The van der Waals surface area contributed by atoms with Gasteiger partial charge in [0.15, 0.2) is 5.82 Å². The van der Waals surface area contributed by atoms with Gasteiger partial charge in [0.05, 0.1) is 11.2 Å². The van der Waals surface area contributed by atoms with Crippen LogP contribution in [0.2, 0.25) is 0 Å². The lowest BCUT2D eigenvalue weighted by atomic mass is 9.89. The van der Waals surface area contributed by atoms with E-state index >= 15 is 0 Å². The molecule has 2 heterocycles. The molecule has 0 bridgehead atoms. The van der Waals surface area contributed by atoms with Crippen molar-refractivity contribution >= 4 is 75.9 Å². The number of hydrogen-bond donors (Lipinski definition) is 0. The van der Waals surface area contributed by atoms with Gasteiger partial charge in [0.2, 0.25) is 0 Å². The van der Waals surface area contributed by atoms with Crippen molar-refractivity contribution in [2.45, 2.75) is 0 Å². The molecule has 0 saturated carbocycles. The van der Waals surface area contributed by atoms with E-state index in [4.69, 9.17) is 14.4 Å². The van der Waals surface area contributed by atoms with Gasteiger partial charge in [-0.15, -0.1) is 0 Å². The van der Waals surface area contributed by atoms with Crippen LogP contribution >= 0.6 is 0 Å². The second-order valence-corrected chi connectivity index (χ2v) is 15.4. The van der Waals surface area contributed by atoms with Crippen LogP contribution in [0.3, 0.4) is 0 Å². The molecular weight excluding hydrogens is 705 g/mol. The minimum Gasteiger partial charge on any atom is -0.456 e. The molecule has 12 aromatic rings. The minimum atomic E-state index is 0.731. The molecule has 1 radical (unpaired) electrons. The largest absolute Gasteiger partial charge is 0.456 e. The van der Waals surface area contributed by atoms with E-state index in [2.05, 4.69) is 164 Å². The van der Waals surface area contributed by atoms with Crippen molar-refractivity contribution in [1.82, 2.24) is 9.97 Å². The minimum absolute atomic E-state index is 0.731. The van der Waals surface area contributed by atoms with Crippen molar-refractivity contribution in [3.63, 3.8) is 0 Å². The maximum Gasteiger partial charge on any atom is 0.160 e. The van der Waals surface area contributed by atoms with Gasteiger partial charge in [-0.3, -0.25) is 0 Å². The Balaban J connectivity index is 1.05. The van der Waals surface area contributed by atoms with Crippen LogP contribution in [-0.2, 0) is 0 Å². The second kappa shape index (κ2) is 11.9. The Labute approximate surface area is 333 Å². The van der Waals surface area contributed by atoms with Gasteiger partial charge in [0.1, 0.15) is 11.2 Å². The number of nitrogens with zero attached hydrogens (tertiary/aromatic N) is 2. The molecule has 3 nitrogen and oxygen atoms in total. The third-order valence-electron chi connectivity index (χ3n) is 12.2. The number of aromatic nitrogens is 2. The second-order valence-electron chi connectivity index (χ2n) is 15.4. The summed E-state index contributed by atoms with van der Waals surface area (Å²) in [6.45, 7) is 0. The van der Waals surface area contributed by atoms with Crippen molar-refractivity contribution in [2.75, 3.05) is 0 Å². The average molecular weight is 736 g/mol. The molecule has 0 aliphatic heterocycles. The van der Waals surface area contributed by atoms with Gasteiger partial charge in [-0.05, 0) is 101 Å². The van der Waals surface area contributed by atoms with Crippen molar-refractivity contribution in [1.29, 1.82) is 0 Å². The number of furan rings is 1. The monoisotopic (exact) mass is 735 g/mol. The van der Waals surface area contributed by atoms with Crippen LogP contribution in [0.25, 0.3) is 121 Å². The lowest BCUT2D eigenvalue weighted by Crippen LogP contribution is -1.96. The highest BCUT2D eigenvalue weighted by atomic mass is 16.3. The van der Waals surface area contributed by atoms with Crippen LogP contribution in [0.1, 0.15) is 11.1 Å². The molecule has 10 aromatic carbocycles. The van der Waals surface area contributed by atoms with E-state index in [9.17, 15) is 0 Å². The van der Waals surface area contributed by atoms with Gasteiger partial charge in [-0.2, -0.15) is 0 Å². The molecule has 0 unspecified atom stereocenters. The average Bonchev–Trinajstić information content (AvgIpc) is 4.02. The summed E-state index contributed by atoms with van der Waals surface area (Å²) in [4.78, 5) is 10.5. The Hall–Kier alpha value is -7.62. The Morgan fingerprint density at radius 2 is 0.914 bits per heavy atom. The summed E-state index contributed by atoms with van der Waals surface area (Å²) in [7, 11) is 0. The fourth-order valence-corrected chi connectivity index (χ4v) is 9.45. The molecule has 0 N–H and O–H groups in total. The highest BCUT2D eigenvalue weighted by Crippen LogP contribution is 2.49. The zero-order chi connectivity index (χ0) is 37.9. The van der Waals surface area contributed by atoms with Gasteiger partial charge < -0.3 is 4.42 Å². The number of hydrogen-bond acceptors (Lipinski definition) is 3. The van der Waals surface area contributed by atoms with Gasteiger partial charge >= 0.3 is 0 Å². The maximum atomic E-state index is 6.66. The Bertz CT molecular complexity index is 3660. The summed E-state index contributed by atoms with van der Waals surface area (Å²) in [6.07, 6.45) is 2.30. The summed E-state index contributed by atoms with van der Waals surface area (Å²) >= 11 is 0. The standard InChI is InChI=1S/C55H31N2O/c1-3-13-32(14-4-1)53-52-48-31-47(48)46-27-34(23-26-42(46)54(52)57-55(56-53)33-15-5-2-6-16-33)36-29-44(51-43-21-11-12-22-49(43)58-50(51)30-36)35-24-25-41-39-19-8-7-17-37(39)38-18-9-10-20-40(38)45(41)28-35/h1-31H. The predicted molar refractivity (Wildman–Crippen MR) is 241 cm³/mol. The molecule has 0 atom stereocenters. The van der Waals surface area contributed by atoms with Crippen molar-refractivity contribution in [3.8, 4) is 44.9 Å². The van der Waals surface area contributed by atoms with Gasteiger partial charge in [0.25, 0.3) is 0 Å². The van der Waals surface area contributed by atoms with Crippen LogP contribution in [0.5, 0.6) is 0 Å². The van der Waals surface area contributed by atoms with E-state index < -0.39 is 0 Å². The topological polar surface area (TPSA) is 38.9 Å². The number of benzene rings is 10. The van der Waals surface area contributed by atoms with Crippen molar-refractivity contribution in [2.24, 2.45) is 0 Å². The fourth-order valence-electron chi connectivity index (χ4n) is 9.45. The summed E-state index contributed by atoms with van der Waals surface area (Å²) in [5, 5.41) is 13.3. The fraction of sp³-hybridized carbons (Fsp3) is 0. The molecule has 0 amide bonds. The van der Waals surface area contributed by atoms with E-state index in [-0.39, 0.29) is 0 Å². The van der Waals surface area contributed by atoms with E-state index in [0.29, 0.717) is 0 Å². The lowest BCUT2D eigenvalue weighted by molar-refractivity contribution is 0.669. The molecule has 1 aliphatic rings. The van der Waals surface area contributed by atoms with E-state index in [1.54, 1.807) is 0 Å². The molecule has 0 saturated heterocycles. The molecule has 0 spiro atoms. The summed E-state index contributed by atoms with van der Waals surface area (Å²) in [5.41, 5.74) is 12.9. The summed E-state index contributed by atoms with van der Waals surface area (Å²) in [5.74, 6) is 0.731. The summed E-state index contributed by atoms with van der Waals surface area (Å²) in [6, 6.07) is 65.2. The third-order valence-corrected chi connectivity index (χ3v) is 12.2. The number of fused-ring (bicyclic) bond motifs is 15. The van der Waals surface area contributed by atoms with E-state index in [1.807, 2.05) is 24.3 Å². The molecular formula is C55H31N2O. The normalized spacial score (nSPS) is 12.4. The van der Waals surface area contributed by atoms with E-state index in [0.717, 1.165) is 83.1 Å². The Morgan fingerprint density at radius 1 is 0.328 bits per heavy atom. The first kappa shape index (κ1) is 31.6. The zero-order valence-corrected chi connectivity index (χ0v) is 31.2. The molecule has 3 heteroatoms. The van der Waals surface area contributed by atoms with Crippen LogP contribution in [-0.4, -0.2) is 9.97 Å².